The molecule has 5 heteroatoms. The molecule has 0 atom stereocenters. The summed E-state index contributed by atoms with van der Waals surface area (Å²) in [7, 11) is -3.53. The number of anilines is 1. The minimum atomic E-state index is -3.53. The maximum absolute atomic E-state index is 12.8. The maximum atomic E-state index is 12.8. The number of hydrogen-bond donors (Lipinski definition) is 1. The van der Waals surface area contributed by atoms with Gasteiger partial charge in [0.05, 0.1) is 11.4 Å². The van der Waals surface area contributed by atoms with Gasteiger partial charge in [0.1, 0.15) is 5.82 Å². The minimum Gasteiger partial charge on any atom is -0.283 e. The summed E-state index contributed by atoms with van der Waals surface area (Å²) in [6.45, 7) is 4.01. The van der Waals surface area contributed by atoms with E-state index in [0.717, 1.165) is 5.56 Å². The summed E-state index contributed by atoms with van der Waals surface area (Å²) in [6, 6.07) is 12.8. The van der Waals surface area contributed by atoms with Crippen LogP contribution in [0.15, 0.2) is 48.5 Å². The highest BCUT2D eigenvalue weighted by Gasteiger charge is 2.15. The monoisotopic (exact) mass is 307 g/mol. The Morgan fingerprint density at radius 1 is 1.05 bits per heavy atom. The largest absolute Gasteiger partial charge is 0.283 e. The number of rotatable bonds is 5. The van der Waals surface area contributed by atoms with E-state index in [1.54, 1.807) is 12.1 Å². The Morgan fingerprint density at radius 3 is 2.29 bits per heavy atom. The molecule has 112 valence electrons. The van der Waals surface area contributed by atoms with Gasteiger partial charge in [-0.15, -0.1) is 0 Å². The van der Waals surface area contributed by atoms with E-state index < -0.39 is 10.0 Å². The van der Waals surface area contributed by atoms with Gasteiger partial charge in [-0.2, -0.15) is 0 Å². The molecule has 0 fully saturated rings. The molecule has 0 bridgehead atoms. The van der Waals surface area contributed by atoms with E-state index in [-0.39, 0.29) is 17.5 Å². The summed E-state index contributed by atoms with van der Waals surface area (Å²) in [4.78, 5) is 0. The van der Waals surface area contributed by atoms with E-state index in [4.69, 9.17) is 0 Å². The molecule has 0 saturated heterocycles. The van der Waals surface area contributed by atoms with Gasteiger partial charge in [-0.1, -0.05) is 44.2 Å². The second-order valence-electron chi connectivity index (χ2n) is 5.23. The fraction of sp³-hybridized carbons (Fsp3) is 0.250. The zero-order chi connectivity index (χ0) is 15.5. The first-order valence-corrected chi connectivity index (χ1v) is 8.36. The summed E-state index contributed by atoms with van der Waals surface area (Å²) in [5, 5.41) is 0. The van der Waals surface area contributed by atoms with Crippen LogP contribution in [0.5, 0.6) is 0 Å². The van der Waals surface area contributed by atoms with Gasteiger partial charge in [0.25, 0.3) is 0 Å². The number of para-hydroxylation sites is 1. The molecule has 0 aromatic heterocycles. The van der Waals surface area contributed by atoms with Crippen LogP contribution in [0.2, 0.25) is 0 Å². The summed E-state index contributed by atoms with van der Waals surface area (Å²) >= 11 is 0. The van der Waals surface area contributed by atoms with Crippen molar-refractivity contribution in [3.63, 3.8) is 0 Å². The predicted octanol–water partition coefficient (Wildman–Crippen LogP) is 3.89. The van der Waals surface area contributed by atoms with Crippen molar-refractivity contribution in [2.75, 3.05) is 4.72 Å². The second kappa shape index (κ2) is 6.26. The van der Waals surface area contributed by atoms with E-state index in [9.17, 15) is 12.8 Å². The molecule has 21 heavy (non-hydrogen) atoms. The summed E-state index contributed by atoms with van der Waals surface area (Å²) in [5.74, 6) is -0.344. The van der Waals surface area contributed by atoms with Crippen LogP contribution in [-0.4, -0.2) is 8.42 Å². The maximum Gasteiger partial charge on any atom is 0.236 e. The van der Waals surface area contributed by atoms with Crippen molar-refractivity contribution in [2.24, 2.45) is 0 Å². The average molecular weight is 307 g/mol. The Kier molecular flexibility index (Phi) is 4.63. The van der Waals surface area contributed by atoms with Crippen LogP contribution >= 0.6 is 0 Å². The molecule has 0 aliphatic carbocycles. The lowest BCUT2D eigenvalue weighted by atomic mass is 10.0. The topological polar surface area (TPSA) is 46.2 Å². The molecule has 0 aliphatic rings. The molecular weight excluding hydrogens is 289 g/mol. The Balaban J connectivity index is 2.20. The van der Waals surface area contributed by atoms with Gasteiger partial charge in [0.2, 0.25) is 10.0 Å². The molecule has 2 aromatic carbocycles. The highest BCUT2D eigenvalue weighted by atomic mass is 32.2. The third-order valence-electron chi connectivity index (χ3n) is 3.12. The summed E-state index contributed by atoms with van der Waals surface area (Å²) in [5.41, 5.74) is 2.08. The van der Waals surface area contributed by atoms with Crippen LogP contribution in [0, 0.1) is 5.82 Å². The standard InChI is InChI=1S/C16H18FNO2S/c1-12(2)15-5-3-4-6-16(15)18-21(19,20)11-13-7-9-14(17)10-8-13/h3-10,12,18H,11H2,1-2H3. The highest BCUT2D eigenvalue weighted by molar-refractivity contribution is 7.91. The molecular formula is C16H18FNO2S. The first-order valence-electron chi connectivity index (χ1n) is 6.71. The molecule has 0 heterocycles. The quantitative estimate of drug-likeness (QED) is 0.911. The van der Waals surface area contributed by atoms with Crippen LogP contribution in [0.4, 0.5) is 10.1 Å². The SMILES string of the molecule is CC(C)c1ccccc1NS(=O)(=O)Cc1ccc(F)cc1. The lowest BCUT2D eigenvalue weighted by molar-refractivity contribution is 0.599. The lowest BCUT2D eigenvalue weighted by Gasteiger charge is -2.14. The van der Waals surface area contributed by atoms with Crippen molar-refractivity contribution < 1.29 is 12.8 Å². The van der Waals surface area contributed by atoms with Gasteiger partial charge in [-0.25, -0.2) is 12.8 Å². The first kappa shape index (κ1) is 15.5. The van der Waals surface area contributed by atoms with Crippen molar-refractivity contribution in [2.45, 2.75) is 25.5 Å². The van der Waals surface area contributed by atoms with E-state index in [1.807, 2.05) is 26.0 Å². The normalized spacial score (nSPS) is 11.6. The molecule has 3 nitrogen and oxygen atoms in total. The molecule has 0 aliphatic heterocycles. The Hall–Kier alpha value is -1.88. The van der Waals surface area contributed by atoms with E-state index in [2.05, 4.69) is 4.72 Å². The van der Waals surface area contributed by atoms with Crippen molar-refractivity contribution in [3.8, 4) is 0 Å². The second-order valence-corrected chi connectivity index (χ2v) is 6.95. The van der Waals surface area contributed by atoms with Crippen molar-refractivity contribution in [1.82, 2.24) is 0 Å². The van der Waals surface area contributed by atoms with Crippen molar-refractivity contribution in [1.29, 1.82) is 0 Å². The number of halogens is 1. The van der Waals surface area contributed by atoms with Gasteiger partial charge in [-0.05, 0) is 35.2 Å². The van der Waals surface area contributed by atoms with Crippen LogP contribution in [0.1, 0.15) is 30.9 Å². The third-order valence-corrected chi connectivity index (χ3v) is 4.36. The number of sulfonamides is 1. The first-order chi connectivity index (χ1) is 9.87. The van der Waals surface area contributed by atoms with Crippen LogP contribution in [-0.2, 0) is 15.8 Å². The van der Waals surface area contributed by atoms with Crippen molar-refractivity contribution in [3.05, 3.63) is 65.5 Å². The van der Waals surface area contributed by atoms with Gasteiger partial charge >= 0.3 is 0 Å². The molecule has 2 rings (SSSR count). The fourth-order valence-corrected chi connectivity index (χ4v) is 3.32. The summed E-state index contributed by atoms with van der Waals surface area (Å²) < 4.78 is 39.9. The number of benzene rings is 2. The van der Waals surface area contributed by atoms with E-state index in [0.29, 0.717) is 11.3 Å². The molecule has 0 radical (unpaired) electrons. The Labute approximate surface area is 124 Å². The fourth-order valence-electron chi connectivity index (χ4n) is 2.10. The van der Waals surface area contributed by atoms with Crippen molar-refractivity contribution >= 4 is 15.7 Å². The number of nitrogens with one attached hydrogen (secondary N) is 1. The molecule has 0 spiro atoms. The smallest absolute Gasteiger partial charge is 0.236 e. The van der Waals surface area contributed by atoms with Gasteiger partial charge in [0.15, 0.2) is 0 Å². The van der Waals surface area contributed by atoms with E-state index >= 15 is 0 Å². The van der Waals surface area contributed by atoms with E-state index in [1.165, 1.54) is 24.3 Å². The molecule has 1 N–H and O–H groups in total. The molecule has 0 unspecified atom stereocenters. The predicted molar refractivity (Wildman–Crippen MR) is 83.2 cm³/mol. The van der Waals surface area contributed by atoms with Gasteiger partial charge < -0.3 is 0 Å². The Bertz CT molecular complexity index is 709. The molecule has 0 saturated carbocycles. The number of hydrogen-bond acceptors (Lipinski definition) is 2. The minimum absolute atomic E-state index is 0.181. The molecule has 0 amide bonds. The highest BCUT2D eigenvalue weighted by Crippen LogP contribution is 2.25. The van der Waals surface area contributed by atoms with Gasteiger partial charge in [-0.3, -0.25) is 4.72 Å². The van der Waals surface area contributed by atoms with Crippen LogP contribution in [0.25, 0.3) is 0 Å². The zero-order valence-corrected chi connectivity index (χ0v) is 12.8. The average Bonchev–Trinajstić information content (AvgIpc) is 2.41. The zero-order valence-electron chi connectivity index (χ0n) is 12.0. The lowest BCUT2D eigenvalue weighted by Crippen LogP contribution is -2.16. The molecule has 2 aromatic rings. The third kappa shape index (κ3) is 4.29. The van der Waals surface area contributed by atoms with Crippen LogP contribution < -0.4 is 4.72 Å². The van der Waals surface area contributed by atoms with Gasteiger partial charge in [0, 0.05) is 0 Å². The van der Waals surface area contributed by atoms with Crippen LogP contribution in [0.3, 0.4) is 0 Å². The summed E-state index contributed by atoms with van der Waals surface area (Å²) in [6.07, 6.45) is 0. The Morgan fingerprint density at radius 2 is 1.67 bits per heavy atom.